The molecular formula is C36H51N7O5. The smallest absolute Gasteiger partial charge is 0.251 e. The van der Waals surface area contributed by atoms with E-state index >= 15 is 0 Å². The molecule has 2 atom stereocenters. The summed E-state index contributed by atoms with van der Waals surface area (Å²) in [5, 5.41) is 6.71. The van der Waals surface area contributed by atoms with E-state index < -0.39 is 11.6 Å². The van der Waals surface area contributed by atoms with Gasteiger partial charge in [0.2, 0.25) is 5.91 Å². The Labute approximate surface area is 284 Å². The number of guanidine groups is 1. The molecular weight excluding hydrogens is 610 g/mol. The first kappa shape index (κ1) is 36.9. The van der Waals surface area contributed by atoms with Crippen molar-refractivity contribution < 1.29 is 23.8 Å². The van der Waals surface area contributed by atoms with Crippen LogP contribution < -0.4 is 11.1 Å². The molecule has 1 aliphatic heterocycles. The van der Waals surface area contributed by atoms with Gasteiger partial charge in [-0.15, -0.1) is 0 Å². The molecule has 0 aromatic heterocycles. The highest BCUT2D eigenvalue weighted by Crippen LogP contribution is 2.41. The molecule has 12 heteroatoms. The van der Waals surface area contributed by atoms with Crippen LogP contribution in [0, 0.1) is 5.41 Å². The van der Waals surface area contributed by atoms with Crippen LogP contribution in [-0.4, -0.2) is 74.4 Å². The lowest BCUT2D eigenvalue weighted by Crippen LogP contribution is -2.52. The predicted molar refractivity (Wildman–Crippen MR) is 185 cm³/mol. The Kier molecular flexibility index (Phi) is 13.4. The number of hydrogen-bond acceptors (Lipinski definition) is 8. The van der Waals surface area contributed by atoms with E-state index in [0.717, 1.165) is 24.0 Å². The molecule has 0 saturated heterocycles. The molecule has 0 fully saturated rings. The first-order valence-electron chi connectivity index (χ1n) is 17.0. The van der Waals surface area contributed by atoms with Crippen LogP contribution in [0.3, 0.4) is 0 Å². The van der Waals surface area contributed by atoms with Crippen molar-refractivity contribution in [1.29, 1.82) is 0 Å². The van der Waals surface area contributed by atoms with E-state index in [1.54, 1.807) is 11.0 Å². The van der Waals surface area contributed by atoms with Crippen molar-refractivity contribution in [3.63, 3.8) is 0 Å². The van der Waals surface area contributed by atoms with Gasteiger partial charge >= 0.3 is 0 Å². The molecule has 48 heavy (non-hydrogen) atoms. The first-order valence-corrected chi connectivity index (χ1v) is 17.0. The average Bonchev–Trinajstić information content (AvgIpc) is 3.07. The van der Waals surface area contributed by atoms with Crippen LogP contribution in [0.2, 0.25) is 0 Å². The minimum Gasteiger partial charge on any atom is -0.379 e. The molecule has 1 heterocycles. The lowest BCUT2D eigenvalue weighted by Gasteiger charge is -2.40. The standard InChI is InChI=1S/C36H51N7O5/c1-5-36(6-2)25-32(44)43(34(37)41-36)31(14-16-46-18-20-48-21-19-47-17-15-39-42-38)26-11-9-12-27(22-26)33(45)40-30-24-35(3,4)23-28-10-7-8-13-29(28)30/h7-13,22,30-31H,5-6,14-21,23-25H2,1-4H3,(H2,37,41)(H,40,45)/t30-,31+/m0/s1. The second kappa shape index (κ2) is 17.4. The molecule has 2 aliphatic rings. The molecule has 2 amide bonds. The quantitative estimate of drug-likeness (QED) is 0.0858. The zero-order valence-corrected chi connectivity index (χ0v) is 28.8. The van der Waals surface area contributed by atoms with E-state index in [1.807, 2.05) is 38.1 Å². The molecule has 4 rings (SSSR count). The summed E-state index contributed by atoms with van der Waals surface area (Å²) in [6.07, 6.45) is 3.97. The number of nitrogens with two attached hydrogens (primary N) is 1. The van der Waals surface area contributed by atoms with E-state index in [0.29, 0.717) is 64.5 Å². The summed E-state index contributed by atoms with van der Waals surface area (Å²) in [4.78, 5) is 36.6. The molecule has 0 unspecified atom stereocenters. The van der Waals surface area contributed by atoms with Gasteiger partial charge in [-0.05, 0) is 71.9 Å². The van der Waals surface area contributed by atoms with E-state index in [-0.39, 0.29) is 42.2 Å². The zero-order chi connectivity index (χ0) is 34.6. The van der Waals surface area contributed by atoms with Gasteiger partial charge in [-0.2, -0.15) is 0 Å². The SMILES string of the molecule is CCC1(CC)CC(=O)N([C@H](CCOCCOCCOCCN=[N+]=[N-])c2cccc(C(=O)N[C@H]3CC(C)(C)Cc4ccccc43)c2)C(N)=N1. The summed E-state index contributed by atoms with van der Waals surface area (Å²) < 4.78 is 16.8. The average molecular weight is 662 g/mol. The van der Waals surface area contributed by atoms with Gasteiger partial charge in [0.15, 0.2) is 5.96 Å². The second-order valence-corrected chi connectivity index (χ2v) is 13.3. The van der Waals surface area contributed by atoms with Crippen LogP contribution in [0.15, 0.2) is 58.6 Å². The molecule has 2 aromatic carbocycles. The number of aliphatic imine (C=N–C) groups is 1. The maximum Gasteiger partial charge on any atom is 0.251 e. The Bertz CT molecular complexity index is 1470. The summed E-state index contributed by atoms with van der Waals surface area (Å²) in [7, 11) is 0. The van der Waals surface area contributed by atoms with E-state index in [4.69, 9.17) is 30.5 Å². The Morgan fingerprint density at radius 3 is 2.42 bits per heavy atom. The van der Waals surface area contributed by atoms with Crippen LogP contribution in [0.5, 0.6) is 0 Å². The predicted octanol–water partition coefficient (Wildman–Crippen LogP) is 6.03. The van der Waals surface area contributed by atoms with E-state index in [2.05, 4.69) is 47.4 Å². The summed E-state index contributed by atoms with van der Waals surface area (Å²) in [6, 6.07) is 15.2. The van der Waals surface area contributed by atoms with Crippen molar-refractivity contribution in [3.8, 4) is 0 Å². The van der Waals surface area contributed by atoms with Crippen LogP contribution in [0.4, 0.5) is 0 Å². The molecule has 3 N–H and O–H groups in total. The maximum absolute atomic E-state index is 13.7. The molecule has 1 aliphatic carbocycles. The summed E-state index contributed by atoms with van der Waals surface area (Å²) >= 11 is 0. The van der Waals surface area contributed by atoms with Crippen molar-refractivity contribution in [2.75, 3.05) is 46.2 Å². The first-order chi connectivity index (χ1) is 23.1. The van der Waals surface area contributed by atoms with Crippen molar-refractivity contribution in [2.45, 2.75) is 83.8 Å². The van der Waals surface area contributed by atoms with E-state index in [9.17, 15) is 9.59 Å². The lowest BCUT2D eigenvalue weighted by atomic mass is 9.72. The fraction of sp³-hybridized carbons (Fsp3) is 0.583. The third-order valence-electron chi connectivity index (χ3n) is 9.35. The van der Waals surface area contributed by atoms with Gasteiger partial charge < -0.3 is 25.3 Å². The molecule has 0 radical (unpaired) electrons. The van der Waals surface area contributed by atoms with Gasteiger partial charge in [0.05, 0.1) is 57.1 Å². The van der Waals surface area contributed by atoms with Crippen molar-refractivity contribution in [2.24, 2.45) is 21.3 Å². The van der Waals surface area contributed by atoms with Crippen molar-refractivity contribution in [3.05, 3.63) is 81.2 Å². The molecule has 0 spiro atoms. The number of nitrogens with zero attached hydrogens (tertiary/aromatic N) is 5. The number of carbonyl (C=O) groups is 2. The minimum atomic E-state index is -0.505. The van der Waals surface area contributed by atoms with Gasteiger partial charge in [0.1, 0.15) is 0 Å². The lowest BCUT2D eigenvalue weighted by molar-refractivity contribution is -0.132. The van der Waals surface area contributed by atoms with E-state index in [1.165, 1.54) is 5.56 Å². The van der Waals surface area contributed by atoms with Gasteiger partial charge in [0.25, 0.3) is 5.91 Å². The summed E-state index contributed by atoms with van der Waals surface area (Å²) in [6.45, 7) is 11.0. The largest absolute Gasteiger partial charge is 0.379 e. The highest BCUT2D eigenvalue weighted by molar-refractivity contribution is 6.00. The van der Waals surface area contributed by atoms with Gasteiger partial charge in [-0.25, -0.2) is 4.99 Å². The topological polar surface area (TPSA) is 164 Å². The maximum atomic E-state index is 13.7. The summed E-state index contributed by atoms with van der Waals surface area (Å²) in [5.74, 6) is -0.0543. The Morgan fingerprint density at radius 2 is 1.73 bits per heavy atom. The molecule has 260 valence electrons. The fourth-order valence-electron chi connectivity index (χ4n) is 6.70. The van der Waals surface area contributed by atoms with Gasteiger partial charge in [0, 0.05) is 23.6 Å². The number of amides is 2. The van der Waals surface area contributed by atoms with Crippen LogP contribution in [0.25, 0.3) is 10.4 Å². The Morgan fingerprint density at radius 1 is 1.04 bits per heavy atom. The third kappa shape index (κ3) is 9.79. The Hall–Kier alpha value is -3.96. The number of rotatable bonds is 18. The minimum absolute atomic E-state index is 0.0593. The van der Waals surface area contributed by atoms with Crippen molar-refractivity contribution in [1.82, 2.24) is 10.2 Å². The number of benzene rings is 2. The second-order valence-electron chi connectivity index (χ2n) is 13.3. The molecule has 12 nitrogen and oxygen atoms in total. The fourth-order valence-corrected chi connectivity index (χ4v) is 6.70. The number of fused-ring (bicyclic) bond motifs is 1. The number of hydrogen-bond donors (Lipinski definition) is 2. The van der Waals surface area contributed by atoms with Crippen LogP contribution in [0.1, 0.15) is 98.9 Å². The Balaban J connectivity index is 1.46. The third-order valence-corrected chi connectivity index (χ3v) is 9.35. The molecule has 0 bridgehead atoms. The van der Waals surface area contributed by atoms with Gasteiger partial charge in [-0.1, -0.05) is 69.2 Å². The monoisotopic (exact) mass is 661 g/mol. The molecule has 0 saturated carbocycles. The van der Waals surface area contributed by atoms with Crippen molar-refractivity contribution >= 4 is 17.8 Å². The normalized spacial score (nSPS) is 18.8. The van der Waals surface area contributed by atoms with Gasteiger partial charge in [-0.3, -0.25) is 14.5 Å². The number of nitrogens with one attached hydrogen (secondary N) is 1. The zero-order valence-electron chi connectivity index (χ0n) is 28.8. The summed E-state index contributed by atoms with van der Waals surface area (Å²) in [5.41, 5.74) is 18.1. The number of carbonyl (C=O) groups excluding carboxylic acids is 2. The number of azide groups is 1. The van der Waals surface area contributed by atoms with Crippen LogP contribution in [-0.2, 0) is 25.4 Å². The molecule has 2 aromatic rings. The number of ether oxygens (including phenoxy) is 3. The van der Waals surface area contributed by atoms with Crippen LogP contribution >= 0.6 is 0 Å². The highest BCUT2D eigenvalue weighted by atomic mass is 16.5. The highest BCUT2D eigenvalue weighted by Gasteiger charge is 2.40.